The zero-order valence-electron chi connectivity index (χ0n) is 15.4. The molecule has 0 amide bonds. The van der Waals surface area contributed by atoms with Crippen molar-refractivity contribution >= 4 is 41.7 Å². The first-order valence-corrected chi connectivity index (χ1v) is 9.09. The van der Waals surface area contributed by atoms with E-state index in [0.29, 0.717) is 18.1 Å². The van der Waals surface area contributed by atoms with E-state index >= 15 is 0 Å². The van der Waals surface area contributed by atoms with Gasteiger partial charge in [-0.2, -0.15) is 24.9 Å². The molecule has 0 spiro atoms. The summed E-state index contributed by atoms with van der Waals surface area (Å²) in [4.78, 5) is 4.18. The van der Waals surface area contributed by atoms with E-state index in [1.807, 2.05) is 12.1 Å². The minimum absolute atomic E-state index is 0. The second-order valence-electron chi connectivity index (χ2n) is 6.17. The lowest BCUT2D eigenvalue weighted by Gasteiger charge is -2.23. The number of nitrogens with zero attached hydrogens (tertiary/aromatic N) is 1. The van der Waals surface area contributed by atoms with Crippen LogP contribution in [-0.2, 0) is 17.9 Å². The van der Waals surface area contributed by atoms with Gasteiger partial charge in [0.2, 0.25) is 0 Å². The molecule has 0 atom stereocenters. The third kappa shape index (κ3) is 11.1. The number of ether oxygens (including phenoxy) is 1. The average Bonchev–Trinajstić information content (AvgIpc) is 2.55. The van der Waals surface area contributed by atoms with Gasteiger partial charge < -0.3 is 15.4 Å². The number of benzene rings is 1. The van der Waals surface area contributed by atoms with Crippen LogP contribution in [0.3, 0.4) is 0 Å². The van der Waals surface area contributed by atoms with Gasteiger partial charge in [0.1, 0.15) is 6.61 Å². The van der Waals surface area contributed by atoms with Gasteiger partial charge >= 0.3 is 6.18 Å². The van der Waals surface area contributed by atoms with Gasteiger partial charge in [0.25, 0.3) is 0 Å². The SMILES string of the molecule is CN=C(NCc1ccc(COCC(F)(F)F)cc1)NCC(C)(C)SC.I. The Labute approximate surface area is 174 Å². The maximum Gasteiger partial charge on any atom is 0.411 e. The summed E-state index contributed by atoms with van der Waals surface area (Å²) in [7, 11) is 1.71. The van der Waals surface area contributed by atoms with Crippen LogP contribution in [0, 0.1) is 0 Å². The Balaban J connectivity index is 0.00000625. The van der Waals surface area contributed by atoms with E-state index in [9.17, 15) is 13.2 Å². The average molecular weight is 505 g/mol. The topological polar surface area (TPSA) is 45.7 Å². The first-order chi connectivity index (χ1) is 11.6. The van der Waals surface area contributed by atoms with Gasteiger partial charge in [0.05, 0.1) is 6.61 Å². The van der Waals surface area contributed by atoms with Crippen LogP contribution in [0.1, 0.15) is 25.0 Å². The summed E-state index contributed by atoms with van der Waals surface area (Å²) in [5.41, 5.74) is 1.71. The molecule has 1 rings (SSSR count). The molecule has 1 aromatic rings. The van der Waals surface area contributed by atoms with E-state index in [2.05, 4.69) is 40.5 Å². The fourth-order valence-electron chi connectivity index (χ4n) is 1.81. The molecule has 0 heterocycles. The molecule has 0 saturated carbocycles. The van der Waals surface area contributed by atoms with Crippen LogP contribution in [0.15, 0.2) is 29.3 Å². The Kier molecular flexibility index (Phi) is 11.6. The molecule has 26 heavy (non-hydrogen) atoms. The van der Waals surface area contributed by atoms with Crippen molar-refractivity contribution < 1.29 is 17.9 Å². The molecule has 2 N–H and O–H groups in total. The number of alkyl halides is 3. The minimum atomic E-state index is -4.29. The second kappa shape index (κ2) is 11.9. The predicted octanol–water partition coefficient (Wildman–Crippen LogP) is 4.19. The zero-order valence-corrected chi connectivity index (χ0v) is 18.6. The lowest BCUT2D eigenvalue weighted by molar-refractivity contribution is -0.176. The minimum Gasteiger partial charge on any atom is -0.367 e. The standard InChI is InChI=1S/C17H26F3N3OS.HI/c1-16(2,25-4)11-23-15(21-3)22-9-13-5-7-14(8-6-13)10-24-12-17(18,19)20;/h5-8H,9-12H2,1-4H3,(H2,21,22,23);1H. The number of hydrogen-bond acceptors (Lipinski definition) is 3. The maximum atomic E-state index is 12.0. The van der Waals surface area contributed by atoms with Crippen molar-refractivity contribution in [1.82, 2.24) is 10.6 Å². The van der Waals surface area contributed by atoms with Gasteiger partial charge in [-0.05, 0) is 31.2 Å². The second-order valence-corrected chi connectivity index (χ2v) is 7.68. The van der Waals surface area contributed by atoms with Gasteiger partial charge in [-0.1, -0.05) is 24.3 Å². The number of nitrogens with one attached hydrogen (secondary N) is 2. The van der Waals surface area contributed by atoms with Crippen LogP contribution in [-0.4, -0.2) is 43.3 Å². The summed E-state index contributed by atoms with van der Waals surface area (Å²) in [5.74, 6) is 0.708. The van der Waals surface area contributed by atoms with Crippen molar-refractivity contribution in [3.8, 4) is 0 Å². The summed E-state index contributed by atoms with van der Waals surface area (Å²) < 4.78 is 40.9. The van der Waals surface area contributed by atoms with Crippen molar-refractivity contribution in [2.24, 2.45) is 4.99 Å². The number of rotatable bonds is 8. The van der Waals surface area contributed by atoms with Crippen molar-refractivity contribution in [1.29, 1.82) is 0 Å². The number of hydrogen-bond donors (Lipinski definition) is 2. The molecule has 1 aromatic carbocycles. The third-order valence-corrected chi connectivity index (χ3v) is 4.72. The van der Waals surface area contributed by atoms with E-state index in [1.54, 1.807) is 30.9 Å². The smallest absolute Gasteiger partial charge is 0.367 e. The fraction of sp³-hybridized carbons (Fsp3) is 0.588. The zero-order chi connectivity index (χ0) is 18.9. The largest absolute Gasteiger partial charge is 0.411 e. The van der Waals surface area contributed by atoms with Gasteiger partial charge in [-0.15, -0.1) is 24.0 Å². The lowest BCUT2D eigenvalue weighted by atomic mass is 10.1. The Morgan fingerprint density at radius 1 is 1.12 bits per heavy atom. The van der Waals surface area contributed by atoms with Crippen molar-refractivity contribution in [3.05, 3.63) is 35.4 Å². The quantitative estimate of drug-likeness (QED) is 0.316. The predicted molar refractivity (Wildman–Crippen MR) is 113 cm³/mol. The summed E-state index contributed by atoms with van der Waals surface area (Å²) in [6.45, 7) is 4.37. The lowest BCUT2D eigenvalue weighted by Crippen LogP contribution is -2.42. The monoisotopic (exact) mass is 505 g/mol. The number of thioether (sulfide) groups is 1. The molecule has 0 aliphatic rings. The third-order valence-electron chi connectivity index (χ3n) is 3.48. The number of guanidine groups is 1. The molecule has 0 fully saturated rings. The Morgan fingerprint density at radius 3 is 2.19 bits per heavy atom. The Bertz CT molecular complexity index is 551. The van der Waals surface area contributed by atoms with Crippen LogP contribution in [0.2, 0.25) is 0 Å². The van der Waals surface area contributed by atoms with Gasteiger partial charge in [-0.25, -0.2) is 0 Å². The molecular formula is C17H27F3IN3OS. The van der Waals surface area contributed by atoms with Crippen LogP contribution in [0.25, 0.3) is 0 Å². The molecule has 150 valence electrons. The highest BCUT2D eigenvalue weighted by Crippen LogP contribution is 2.19. The van der Waals surface area contributed by atoms with Crippen molar-refractivity contribution in [2.75, 3.05) is 26.5 Å². The molecule has 0 unspecified atom stereocenters. The highest BCUT2D eigenvalue weighted by Gasteiger charge is 2.27. The van der Waals surface area contributed by atoms with Gasteiger partial charge in [0, 0.05) is 24.9 Å². The van der Waals surface area contributed by atoms with E-state index in [4.69, 9.17) is 0 Å². The summed E-state index contributed by atoms with van der Waals surface area (Å²) >= 11 is 1.78. The summed E-state index contributed by atoms with van der Waals surface area (Å²) in [6.07, 6.45) is -2.23. The molecule has 0 aliphatic carbocycles. The van der Waals surface area contributed by atoms with E-state index in [1.165, 1.54) is 0 Å². The molecule has 4 nitrogen and oxygen atoms in total. The van der Waals surface area contributed by atoms with E-state index < -0.39 is 12.8 Å². The first-order valence-electron chi connectivity index (χ1n) is 7.87. The molecule has 0 radical (unpaired) electrons. The highest BCUT2D eigenvalue weighted by atomic mass is 127. The van der Waals surface area contributed by atoms with Crippen LogP contribution < -0.4 is 10.6 Å². The Hall–Kier alpha value is -0.680. The molecule has 0 saturated heterocycles. The highest BCUT2D eigenvalue weighted by molar-refractivity contribution is 14.0. The van der Waals surface area contributed by atoms with E-state index in [-0.39, 0.29) is 35.3 Å². The number of aliphatic imine (C=N–C) groups is 1. The summed E-state index contributed by atoms with van der Waals surface area (Å²) in [6, 6.07) is 7.25. The molecule has 0 bridgehead atoms. The Morgan fingerprint density at radius 2 is 1.69 bits per heavy atom. The van der Waals surface area contributed by atoms with Crippen LogP contribution in [0.4, 0.5) is 13.2 Å². The van der Waals surface area contributed by atoms with Crippen LogP contribution >= 0.6 is 35.7 Å². The van der Waals surface area contributed by atoms with E-state index in [0.717, 1.165) is 12.1 Å². The van der Waals surface area contributed by atoms with Gasteiger partial charge in [-0.3, -0.25) is 4.99 Å². The maximum absolute atomic E-state index is 12.0. The molecular weight excluding hydrogens is 478 g/mol. The van der Waals surface area contributed by atoms with Crippen molar-refractivity contribution in [2.45, 2.75) is 37.9 Å². The molecule has 0 aromatic heterocycles. The van der Waals surface area contributed by atoms with Crippen LogP contribution in [0.5, 0.6) is 0 Å². The first kappa shape index (κ1) is 25.3. The van der Waals surface area contributed by atoms with Gasteiger partial charge in [0.15, 0.2) is 5.96 Å². The fourth-order valence-corrected chi connectivity index (χ4v) is 2.03. The molecule has 9 heteroatoms. The normalized spacial score (nSPS) is 12.5. The van der Waals surface area contributed by atoms with Crippen molar-refractivity contribution in [3.63, 3.8) is 0 Å². The summed E-state index contributed by atoms with van der Waals surface area (Å²) in [5, 5.41) is 6.49. The molecule has 0 aliphatic heterocycles. The number of halogens is 4.